The van der Waals surface area contributed by atoms with E-state index in [4.69, 9.17) is 5.26 Å². The minimum Gasteiger partial charge on any atom is -0.336 e. The topological polar surface area (TPSA) is 76.4 Å². The molecule has 1 saturated heterocycles. The Labute approximate surface area is 179 Å². The summed E-state index contributed by atoms with van der Waals surface area (Å²) in [5.41, 5.74) is 1.55. The van der Waals surface area contributed by atoms with Gasteiger partial charge in [-0.15, -0.1) is 11.8 Å². The van der Waals surface area contributed by atoms with E-state index < -0.39 is 0 Å². The zero-order valence-electron chi connectivity index (χ0n) is 16.7. The monoisotopic (exact) mass is 426 g/mol. The number of hydrogen-bond acceptors (Lipinski definition) is 5. The van der Waals surface area contributed by atoms with Gasteiger partial charge >= 0.3 is 0 Å². The maximum absolute atomic E-state index is 13.7. The van der Waals surface area contributed by atoms with Gasteiger partial charge in [-0.2, -0.15) is 5.26 Å². The fourth-order valence-electron chi connectivity index (χ4n) is 3.22. The highest BCUT2D eigenvalue weighted by atomic mass is 32.2. The molecule has 8 heteroatoms. The van der Waals surface area contributed by atoms with E-state index in [1.165, 1.54) is 17.8 Å². The molecule has 3 rings (SSSR count). The second-order valence-electron chi connectivity index (χ2n) is 7.02. The number of nitrogens with zero attached hydrogens (tertiary/aromatic N) is 3. The summed E-state index contributed by atoms with van der Waals surface area (Å²) in [6, 6.07) is 14.0. The number of carbonyl (C=O) groups is 2. The second kappa shape index (κ2) is 10.2. The highest BCUT2D eigenvalue weighted by molar-refractivity contribution is 7.99. The Bertz CT molecular complexity index is 968. The summed E-state index contributed by atoms with van der Waals surface area (Å²) in [6.45, 7) is 3.98. The number of amides is 2. The first-order chi connectivity index (χ1) is 14.5. The van der Waals surface area contributed by atoms with Gasteiger partial charge in [0.15, 0.2) is 0 Å². The molecular weight excluding hydrogens is 403 g/mol. The van der Waals surface area contributed by atoms with Crippen molar-refractivity contribution in [3.63, 3.8) is 0 Å². The van der Waals surface area contributed by atoms with Crippen molar-refractivity contribution < 1.29 is 14.0 Å². The Hall–Kier alpha value is -2.89. The van der Waals surface area contributed by atoms with Crippen LogP contribution in [0, 0.1) is 24.1 Å². The van der Waals surface area contributed by atoms with Crippen molar-refractivity contribution in [2.45, 2.75) is 11.8 Å². The van der Waals surface area contributed by atoms with Crippen LogP contribution in [0.25, 0.3) is 0 Å². The first-order valence-electron chi connectivity index (χ1n) is 9.64. The molecule has 6 nitrogen and oxygen atoms in total. The van der Waals surface area contributed by atoms with Crippen molar-refractivity contribution in [3.8, 4) is 6.07 Å². The van der Waals surface area contributed by atoms with Gasteiger partial charge in [-0.25, -0.2) is 4.39 Å². The largest absolute Gasteiger partial charge is 0.336 e. The summed E-state index contributed by atoms with van der Waals surface area (Å²) in [7, 11) is 0. The number of nitrogens with one attached hydrogen (secondary N) is 1. The van der Waals surface area contributed by atoms with Crippen molar-refractivity contribution in [3.05, 3.63) is 59.4 Å². The molecule has 1 aliphatic heterocycles. The standard InChI is InChI=1S/C22H23FN4O2S/c1-16-6-7-17(14-18(16)23)22(29)27-11-9-26(10-12-27)15-21(28)25-19-4-2-3-5-20(19)30-13-8-24/h2-7,14H,9-13,15H2,1H3,(H,25,28). The lowest BCUT2D eigenvalue weighted by Gasteiger charge is -2.34. The minimum atomic E-state index is -0.385. The molecule has 0 radical (unpaired) electrons. The van der Waals surface area contributed by atoms with Crippen LogP contribution in [0.1, 0.15) is 15.9 Å². The molecule has 1 N–H and O–H groups in total. The number of aryl methyl sites for hydroxylation is 1. The van der Waals surface area contributed by atoms with Crippen molar-refractivity contribution in [1.82, 2.24) is 9.80 Å². The van der Waals surface area contributed by atoms with Gasteiger partial charge in [0.2, 0.25) is 5.91 Å². The maximum atomic E-state index is 13.7. The molecule has 0 saturated carbocycles. The lowest BCUT2D eigenvalue weighted by Crippen LogP contribution is -2.50. The SMILES string of the molecule is Cc1ccc(C(=O)N2CCN(CC(=O)Nc3ccccc3SCC#N)CC2)cc1F. The first-order valence-corrected chi connectivity index (χ1v) is 10.6. The molecule has 0 unspecified atom stereocenters. The van der Waals surface area contributed by atoms with Gasteiger partial charge in [-0.3, -0.25) is 14.5 Å². The molecule has 1 aliphatic rings. The van der Waals surface area contributed by atoms with Gasteiger partial charge in [0.1, 0.15) is 5.82 Å². The molecular formula is C22H23FN4O2S. The van der Waals surface area contributed by atoms with Crippen molar-refractivity contribution in [2.75, 3.05) is 43.8 Å². The van der Waals surface area contributed by atoms with E-state index >= 15 is 0 Å². The highest BCUT2D eigenvalue weighted by Gasteiger charge is 2.24. The number of anilines is 1. The van der Waals surface area contributed by atoms with Gasteiger partial charge in [-0.1, -0.05) is 18.2 Å². The Morgan fingerprint density at radius 3 is 2.60 bits per heavy atom. The van der Waals surface area contributed by atoms with Crippen LogP contribution in [-0.2, 0) is 4.79 Å². The third-order valence-corrected chi connectivity index (χ3v) is 5.84. The molecule has 0 bridgehead atoms. The summed E-state index contributed by atoms with van der Waals surface area (Å²) >= 11 is 1.38. The van der Waals surface area contributed by atoms with Crippen LogP contribution in [0.2, 0.25) is 0 Å². The van der Waals surface area contributed by atoms with Crippen LogP contribution >= 0.6 is 11.8 Å². The minimum absolute atomic E-state index is 0.139. The van der Waals surface area contributed by atoms with Gasteiger partial charge < -0.3 is 10.2 Å². The molecule has 30 heavy (non-hydrogen) atoms. The fraction of sp³-hybridized carbons (Fsp3) is 0.318. The summed E-state index contributed by atoms with van der Waals surface area (Å²) < 4.78 is 13.7. The number of hydrogen-bond donors (Lipinski definition) is 1. The maximum Gasteiger partial charge on any atom is 0.254 e. The predicted molar refractivity (Wildman–Crippen MR) is 115 cm³/mol. The normalized spacial score (nSPS) is 14.2. The van der Waals surface area contributed by atoms with E-state index in [-0.39, 0.29) is 24.2 Å². The van der Waals surface area contributed by atoms with Crippen LogP contribution in [0.4, 0.5) is 10.1 Å². The zero-order chi connectivity index (χ0) is 21.5. The van der Waals surface area contributed by atoms with Gasteiger partial charge in [-0.05, 0) is 36.8 Å². The van der Waals surface area contributed by atoms with Crippen molar-refractivity contribution in [2.24, 2.45) is 0 Å². The van der Waals surface area contributed by atoms with Crippen LogP contribution in [0.15, 0.2) is 47.4 Å². The Kier molecular flexibility index (Phi) is 7.44. The second-order valence-corrected chi connectivity index (χ2v) is 8.04. The molecule has 1 heterocycles. The van der Waals surface area contributed by atoms with E-state index in [1.54, 1.807) is 24.0 Å². The fourth-order valence-corrected chi connectivity index (χ4v) is 3.89. The quantitative estimate of drug-likeness (QED) is 0.718. The van der Waals surface area contributed by atoms with Gasteiger partial charge in [0.25, 0.3) is 5.91 Å². The van der Waals surface area contributed by atoms with E-state index in [2.05, 4.69) is 11.4 Å². The average Bonchev–Trinajstić information content (AvgIpc) is 2.75. The number of halogens is 1. The van der Waals surface area contributed by atoms with Crippen LogP contribution < -0.4 is 5.32 Å². The number of rotatable bonds is 6. The zero-order valence-corrected chi connectivity index (χ0v) is 17.5. The third-order valence-electron chi connectivity index (χ3n) is 4.90. The molecule has 1 fully saturated rings. The third kappa shape index (κ3) is 5.59. The smallest absolute Gasteiger partial charge is 0.254 e. The Morgan fingerprint density at radius 2 is 1.90 bits per heavy atom. The van der Waals surface area contributed by atoms with E-state index in [1.807, 2.05) is 29.2 Å². The summed E-state index contributed by atoms with van der Waals surface area (Å²) in [6.07, 6.45) is 0. The van der Waals surface area contributed by atoms with Crippen LogP contribution in [-0.4, -0.2) is 60.1 Å². The van der Waals surface area contributed by atoms with Crippen LogP contribution in [0.3, 0.4) is 0 Å². The number of para-hydroxylation sites is 1. The Morgan fingerprint density at radius 1 is 1.17 bits per heavy atom. The molecule has 0 spiro atoms. The molecule has 0 atom stereocenters. The molecule has 2 amide bonds. The molecule has 0 aromatic heterocycles. The number of piperazine rings is 1. The van der Waals surface area contributed by atoms with Crippen molar-refractivity contribution in [1.29, 1.82) is 5.26 Å². The molecule has 156 valence electrons. The van der Waals surface area contributed by atoms with E-state index in [0.29, 0.717) is 48.7 Å². The summed E-state index contributed by atoms with van der Waals surface area (Å²) in [5.74, 6) is -0.403. The average molecular weight is 427 g/mol. The number of thioether (sulfide) groups is 1. The predicted octanol–water partition coefficient (Wildman–Crippen LogP) is 3.15. The molecule has 2 aromatic carbocycles. The Balaban J connectivity index is 1.51. The lowest BCUT2D eigenvalue weighted by atomic mass is 10.1. The number of benzene rings is 2. The lowest BCUT2D eigenvalue weighted by molar-refractivity contribution is -0.117. The van der Waals surface area contributed by atoms with E-state index in [9.17, 15) is 14.0 Å². The molecule has 2 aromatic rings. The number of nitriles is 1. The van der Waals surface area contributed by atoms with Crippen LogP contribution in [0.5, 0.6) is 0 Å². The van der Waals surface area contributed by atoms with Gasteiger partial charge in [0.05, 0.1) is 24.1 Å². The molecule has 0 aliphatic carbocycles. The highest BCUT2D eigenvalue weighted by Crippen LogP contribution is 2.26. The summed E-state index contributed by atoms with van der Waals surface area (Å²) in [4.78, 5) is 29.6. The number of carbonyl (C=O) groups excluding carboxylic acids is 2. The van der Waals surface area contributed by atoms with E-state index in [0.717, 1.165) is 4.90 Å². The first kappa shape index (κ1) is 21.8. The summed E-state index contributed by atoms with van der Waals surface area (Å²) in [5, 5.41) is 11.7. The van der Waals surface area contributed by atoms with Gasteiger partial charge in [0, 0.05) is 36.6 Å². The van der Waals surface area contributed by atoms with Crippen molar-refractivity contribution >= 4 is 29.3 Å².